The molecule has 3 fully saturated rings. The van der Waals surface area contributed by atoms with E-state index in [4.69, 9.17) is 4.74 Å². The van der Waals surface area contributed by atoms with Crippen LogP contribution in [0.2, 0.25) is 0 Å². The molecule has 0 unspecified atom stereocenters. The van der Waals surface area contributed by atoms with Crippen molar-refractivity contribution in [3.63, 3.8) is 0 Å². The Kier molecular flexibility index (Phi) is 4.75. The Bertz CT molecular complexity index is 788. The molecule has 0 aromatic heterocycles. The molecule has 29 heavy (non-hydrogen) atoms. The summed E-state index contributed by atoms with van der Waals surface area (Å²) in [4.78, 5) is 37.0. The predicted octanol–water partition coefficient (Wildman–Crippen LogP) is 3.81. The fraction of sp³-hybridized carbons (Fsp3) is 0.792. The van der Waals surface area contributed by atoms with E-state index < -0.39 is 5.60 Å². The number of hydrogen-bond acceptors (Lipinski definition) is 4. The van der Waals surface area contributed by atoms with Gasteiger partial charge in [0.2, 0.25) is 5.91 Å². The third kappa shape index (κ3) is 2.75. The number of carbonyl (C=O) groups is 3. The van der Waals surface area contributed by atoms with Crippen molar-refractivity contribution in [1.29, 1.82) is 0 Å². The van der Waals surface area contributed by atoms with Crippen LogP contribution in [0.15, 0.2) is 11.6 Å². The molecular weight excluding hydrogens is 366 g/mol. The zero-order valence-corrected chi connectivity index (χ0v) is 18.5. The number of carbonyl (C=O) groups excluding carboxylic acids is 3. The van der Waals surface area contributed by atoms with E-state index in [0.717, 1.165) is 38.6 Å². The maximum atomic E-state index is 12.8. The van der Waals surface area contributed by atoms with Crippen molar-refractivity contribution in [1.82, 2.24) is 5.32 Å². The SMILES string of the molecule is CC(=O)O[C@]1(C(C)=O)CC[C@@H]2[C@@H]3C[C@H](C)C4=CC(=O)NCC[C@]4(C)[C@@H]3CC[C@]21C. The first-order valence-corrected chi connectivity index (χ1v) is 11.3. The molecule has 4 aliphatic rings. The van der Waals surface area contributed by atoms with Gasteiger partial charge in [0.15, 0.2) is 11.4 Å². The summed E-state index contributed by atoms with van der Waals surface area (Å²) < 4.78 is 5.85. The fourth-order valence-electron chi connectivity index (χ4n) is 8.06. The summed E-state index contributed by atoms with van der Waals surface area (Å²) in [5.74, 6) is 1.42. The van der Waals surface area contributed by atoms with Gasteiger partial charge in [-0.05, 0) is 74.5 Å². The molecule has 3 saturated carbocycles. The highest BCUT2D eigenvalue weighted by atomic mass is 16.6. The van der Waals surface area contributed by atoms with Gasteiger partial charge in [-0.3, -0.25) is 14.4 Å². The number of rotatable bonds is 2. The van der Waals surface area contributed by atoms with Gasteiger partial charge in [-0.25, -0.2) is 0 Å². The van der Waals surface area contributed by atoms with Gasteiger partial charge in [0.05, 0.1) is 0 Å². The average Bonchev–Trinajstić information content (AvgIpc) is 2.81. The first kappa shape index (κ1) is 20.6. The quantitative estimate of drug-likeness (QED) is 0.714. The molecule has 4 rings (SSSR count). The molecule has 7 atom stereocenters. The minimum Gasteiger partial charge on any atom is -0.451 e. The lowest BCUT2D eigenvalue weighted by Gasteiger charge is -2.59. The van der Waals surface area contributed by atoms with E-state index in [9.17, 15) is 14.4 Å². The molecule has 3 aliphatic carbocycles. The first-order valence-electron chi connectivity index (χ1n) is 11.3. The molecule has 5 heteroatoms. The Morgan fingerprint density at radius 3 is 2.45 bits per heavy atom. The number of amides is 1. The van der Waals surface area contributed by atoms with Crippen molar-refractivity contribution in [2.45, 2.75) is 78.7 Å². The van der Waals surface area contributed by atoms with Crippen LogP contribution in [0.3, 0.4) is 0 Å². The smallest absolute Gasteiger partial charge is 0.303 e. The maximum Gasteiger partial charge on any atom is 0.303 e. The highest BCUT2D eigenvalue weighted by Gasteiger charge is 2.68. The second-order valence-electron chi connectivity index (χ2n) is 10.5. The van der Waals surface area contributed by atoms with Crippen molar-refractivity contribution in [3.8, 4) is 0 Å². The molecular formula is C24H35NO4. The lowest BCUT2D eigenvalue weighted by atomic mass is 9.45. The maximum absolute atomic E-state index is 12.8. The molecule has 0 bridgehead atoms. The Balaban J connectivity index is 1.74. The first-order chi connectivity index (χ1) is 13.5. The molecule has 5 nitrogen and oxygen atoms in total. The minimum absolute atomic E-state index is 0.00364. The van der Waals surface area contributed by atoms with Gasteiger partial charge in [-0.15, -0.1) is 0 Å². The van der Waals surface area contributed by atoms with Gasteiger partial charge in [0.25, 0.3) is 0 Å². The summed E-state index contributed by atoms with van der Waals surface area (Å²) in [7, 11) is 0. The number of esters is 1. The number of Topliss-reactive ketones (excluding diaryl/α,β-unsaturated/α-hetero) is 1. The Morgan fingerprint density at radius 2 is 1.79 bits per heavy atom. The van der Waals surface area contributed by atoms with E-state index in [1.54, 1.807) is 6.92 Å². The van der Waals surface area contributed by atoms with Crippen molar-refractivity contribution in [3.05, 3.63) is 11.6 Å². The summed E-state index contributed by atoms with van der Waals surface area (Å²) in [6.45, 7) is 10.5. The van der Waals surface area contributed by atoms with Crippen molar-refractivity contribution in [2.24, 2.45) is 34.5 Å². The van der Waals surface area contributed by atoms with E-state index in [1.165, 1.54) is 12.5 Å². The van der Waals surface area contributed by atoms with Crippen molar-refractivity contribution in [2.75, 3.05) is 6.54 Å². The van der Waals surface area contributed by atoms with Gasteiger partial charge in [-0.2, -0.15) is 0 Å². The number of fused-ring (bicyclic) bond motifs is 5. The Labute approximate surface area is 174 Å². The molecule has 160 valence electrons. The highest BCUT2D eigenvalue weighted by Crippen LogP contribution is 2.68. The molecule has 0 aromatic carbocycles. The van der Waals surface area contributed by atoms with Crippen LogP contribution in [0.25, 0.3) is 0 Å². The van der Waals surface area contributed by atoms with E-state index >= 15 is 0 Å². The summed E-state index contributed by atoms with van der Waals surface area (Å²) in [5.41, 5.74) is 0.0524. The molecule has 1 aliphatic heterocycles. The van der Waals surface area contributed by atoms with Gasteiger partial charge >= 0.3 is 5.97 Å². The van der Waals surface area contributed by atoms with Crippen LogP contribution in [-0.2, 0) is 19.1 Å². The monoisotopic (exact) mass is 401 g/mol. The van der Waals surface area contributed by atoms with Crippen molar-refractivity contribution >= 4 is 17.7 Å². The molecule has 1 N–H and O–H groups in total. The fourth-order valence-corrected chi connectivity index (χ4v) is 8.06. The molecule has 1 heterocycles. The minimum atomic E-state index is -0.976. The molecule has 1 amide bonds. The Hall–Kier alpha value is -1.65. The zero-order valence-electron chi connectivity index (χ0n) is 18.5. The lowest BCUT2D eigenvalue weighted by molar-refractivity contribution is -0.187. The van der Waals surface area contributed by atoms with Crippen molar-refractivity contribution < 1.29 is 19.1 Å². The Morgan fingerprint density at radius 1 is 1.10 bits per heavy atom. The number of nitrogens with one attached hydrogen (secondary N) is 1. The van der Waals surface area contributed by atoms with Crippen LogP contribution in [-0.4, -0.2) is 29.8 Å². The summed E-state index contributed by atoms with van der Waals surface area (Å²) >= 11 is 0. The van der Waals surface area contributed by atoms with Crippen LogP contribution in [0.4, 0.5) is 0 Å². The third-order valence-corrected chi connectivity index (χ3v) is 9.31. The summed E-state index contributed by atoms with van der Waals surface area (Å²) in [6, 6.07) is 0. The van der Waals surface area contributed by atoms with Crippen LogP contribution in [0, 0.1) is 34.5 Å². The van der Waals surface area contributed by atoms with Crippen LogP contribution in [0.5, 0.6) is 0 Å². The molecule has 0 aromatic rings. The van der Waals surface area contributed by atoms with Gasteiger partial charge in [0.1, 0.15) is 0 Å². The van der Waals surface area contributed by atoms with Crippen LogP contribution < -0.4 is 5.32 Å². The van der Waals surface area contributed by atoms with Crippen LogP contribution >= 0.6 is 0 Å². The molecule has 0 saturated heterocycles. The largest absolute Gasteiger partial charge is 0.451 e. The van der Waals surface area contributed by atoms with E-state index in [1.807, 2.05) is 6.08 Å². The van der Waals surface area contributed by atoms with Gasteiger partial charge in [-0.1, -0.05) is 26.3 Å². The molecule has 0 radical (unpaired) electrons. The second kappa shape index (κ2) is 6.68. The normalized spacial score (nSPS) is 46.4. The third-order valence-electron chi connectivity index (χ3n) is 9.31. The van der Waals surface area contributed by atoms with E-state index in [2.05, 4.69) is 26.1 Å². The van der Waals surface area contributed by atoms with Crippen LogP contribution in [0.1, 0.15) is 73.1 Å². The van der Waals surface area contributed by atoms with Gasteiger partial charge < -0.3 is 10.1 Å². The zero-order chi connectivity index (χ0) is 21.2. The number of hydrogen-bond donors (Lipinski definition) is 1. The summed E-state index contributed by atoms with van der Waals surface area (Å²) in [6.07, 6.45) is 7.38. The predicted molar refractivity (Wildman–Crippen MR) is 110 cm³/mol. The van der Waals surface area contributed by atoms with E-state index in [-0.39, 0.29) is 28.5 Å². The van der Waals surface area contributed by atoms with E-state index in [0.29, 0.717) is 30.1 Å². The van der Waals surface area contributed by atoms with Gasteiger partial charge in [0, 0.05) is 25.0 Å². The highest BCUT2D eigenvalue weighted by molar-refractivity contribution is 5.89. The topological polar surface area (TPSA) is 72.5 Å². The number of ether oxygens (including phenoxy) is 1. The standard InChI is InChI=1S/C24H35NO4/c1-14-12-17-18(22(4)10-11-25-21(28)13-20(14)22)6-8-23(5)19(17)7-9-24(23,15(2)26)29-16(3)27/h13-14,17-19H,6-12H2,1-5H3,(H,25,28)/t14-,17+,18+,19+,22+,23+,24-/m0/s1. The average molecular weight is 402 g/mol. The number of allylic oxidation sites excluding steroid dienone is 1. The number of ketones is 1. The summed E-state index contributed by atoms with van der Waals surface area (Å²) in [5, 5.41) is 3.03. The second-order valence-corrected chi connectivity index (χ2v) is 10.5. The lowest BCUT2D eigenvalue weighted by Crippen LogP contribution is -2.59. The molecule has 0 spiro atoms.